The summed E-state index contributed by atoms with van der Waals surface area (Å²) in [4.78, 5) is 2.03. The van der Waals surface area contributed by atoms with Gasteiger partial charge in [-0.2, -0.15) is 0 Å². The van der Waals surface area contributed by atoms with Crippen LogP contribution in [0.2, 0.25) is 0 Å². The van der Waals surface area contributed by atoms with E-state index in [0.29, 0.717) is 0 Å². The molecule has 0 saturated heterocycles. The van der Waals surface area contributed by atoms with Crippen LogP contribution in [0.15, 0.2) is 24.3 Å². The van der Waals surface area contributed by atoms with Crippen molar-refractivity contribution in [2.24, 2.45) is 0 Å². The van der Waals surface area contributed by atoms with Gasteiger partial charge in [0.15, 0.2) is 5.11 Å². The minimum absolute atomic E-state index is 0.772. The van der Waals surface area contributed by atoms with E-state index in [4.69, 9.17) is 12.2 Å². The van der Waals surface area contributed by atoms with Crippen LogP contribution in [0.3, 0.4) is 0 Å². The molecule has 0 bridgehead atoms. The van der Waals surface area contributed by atoms with Crippen molar-refractivity contribution in [3.05, 3.63) is 35.4 Å². The van der Waals surface area contributed by atoms with Crippen LogP contribution < -0.4 is 5.32 Å². The van der Waals surface area contributed by atoms with Crippen LogP contribution in [0.5, 0.6) is 0 Å². The number of nitrogens with zero attached hydrogens (tertiary/aromatic N) is 1. The summed E-state index contributed by atoms with van der Waals surface area (Å²) in [5.74, 6) is 0. The molecule has 1 aromatic rings. The highest BCUT2D eigenvalue weighted by Gasteiger charge is 2.04. The quantitative estimate of drug-likeness (QED) is 0.748. The van der Waals surface area contributed by atoms with Crippen LogP contribution >= 0.6 is 12.2 Å². The SMILES string of the molecule is CNC(=S)N(C)Cc1ccccc1C. The number of benzene rings is 1. The fourth-order valence-corrected chi connectivity index (χ4v) is 1.37. The van der Waals surface area contributed by atoms with E-state index in [-0.39, 0.29) is 0 Å². The van der Waals surface area contributed by atoms with Crippen molar-refractivity contribution < 1.29 is 0 Å². The fourth-order valence-electron chi connectivity index (χ4n) is 1.31. The summed E-state index contributed by atoms with van der Waals surface area (Å²) in [5.41, 5.74) is 2.62. The molecule has 0 aliphatic carbocycles. The largest absolute Gasteiger partial charge is 0.366 e. The maximum atomic E-state index is 5.14. The molecular weight excluding hydrogens is 192 g/mol. The molecule has 0 heterocycles. The van der Waals surface area contributed by atoms with Crippen LogP contribution in [0, 0.1) is 6.92 Å². The van der Waals surface area contributed by atoms with Crippen molar-refractivity contribution in [3.63, 3.8) is 0 Å². The van der Waals surface area contributed by atoms with Gasteiger partial charge >= 0.3 is 0 Å². The molecule has 0 saturated carbocycles. The number of nitrogens with one attached hydrogen (secondary N) is 1. The van der Waals surface area contributed by atoms with Gasteiger partial charge in [0.2, 0.25) is 0 Å². The first kappa shape index (κ1) is 11.0. The smallest absolute Gasteiger partial charge is 0.168 e. The van der Waals surface area contributed by atoms with Gasteiger partial charge in [-0.1, -0.05) is 24.3 Å². The third kappa shape index (κ3) is 2.70. The fraction of sp³-hybridized carbons (Fsp3) is 0.364. The van der Waals surface area contributed by atoms with Crippen LogP contribution in [-0.4, -0.2) is 24.1 Å². The Morgan fingerprint density at radius 2 is 2.07 bits per heavy atom. The lowest BCUT2D eigenvalue weighted by molar-refractivity contribution is 0.493. The topological polar surface area (TPSA) is 15.3 Å². The Kier molecular flexibility index (Phi) is 3.89. The lowest BCUT2D eigenvalue weighted by Crippen LogP contribution is -2.34. The molecule has 0 aromatic heterocycles. The normalized spacial score (nSPS) is 9.64. The van der Waals surface area contributed by atoms with Gasteiger partial charge in [-0.15, -0.1) is 0 Å². The van der Waals surface area contributed by atoms with E-state index < -0.39 is 0 Å². The highest BCUT2D eigenvalue weighted by atomic mass is 32.1. The lowest BCUT2D eigenvalue weighted by Gasteiger charge is -2.20. The minimum atomic E-state index is 0.772. The zero-order valence-electron chi connectivity index (χ0n) is 8.87. The predicted octanol–water partition coefficient (Wildman–Crippen LogP) is 1.93. The number of aryl methyl sites for hydroxylation is 1. The molecule has 0 spiro atoms. The standard InChI is InChI=1S/C11H16N2S/c1-9-6-4-5-7-10(9)8-13(3)11(14)12-2/h4-7H,8H2,1-3H3,(H,12,14). The molecule has 3 heteroatoms. The first-order valence-corrected chi connectivity index (χ1v) is 5.03. The van der Waals surface area contributed by atoms with Crippen molar-refractivity contribution in [2.75, 3.05) is 14.1 Å². The van der Waals surface area contributed by atoms with Gasteiger partial charge in [0, 0.05) is 20.6 Å². The van der Waals surface area contributed by atoms with Gasteiger partial charge in [0.1, 0.15) is 0 Å². The molecular formula is C11H16N2S. The van der Waals surface area contributed by atoms with Crippen LogP contribution in [0.4, 0.5) is 0 Å². The summed E-state index contributed by atoms with van der Waals surface area (Å²) in [7, 11) is 3.84. The Balaban J connectivity index is 2.69. The van der Waals surface area contributed by atoms with Crippen LogP contribution in [-0.2, 0) is 6.54 Å². The van der Waals surface area contributed by atoms with Gasteiger partial charge < -0.3 is 10.2 Å². The van der Waals surface area contributed by atoms with Crippen molar-refractivity contribution in [2.45, 2.75) is 13.5 Å². The molecule has 1 N–H and O–H groups in total. The molecule has 76 valence electrons. The summed E-state index contributed by atoms with van der Waals surface area (Å²) in [6, 6.07) is 8.35. The molecule has 0 aliphatic heterocycles. The zero-order chi connectivity index (χ0) is 10.6. The lowest BCUT2D eigenvalue weighted by atomic mass is 10.1. The van der Waals surface area contributed by atoms with E-state index in [1.807, 2.05) is 19.0 Å². The van der Waals surface area contributed by atoms with Crippen molar-refractivity contribution in [1.29, 1.82) is 0 Å². The third-order valence-electron chi connectivity index (χ3n) is 2.23. The van der Waals surface area contributed by atoms with E-state index >= 15 is 0 Å². The summed E-state index contributed by atoms with van der Waals surface area (Å²) in [6.45, 7) is 2.97. The van der Waals surface area contributed by atoms with Gasteiger partial charge in [-0.25, -0.2) is 0 Å². The third-order valence-corrected chi connectivity index (χ3v) is 2.75. The highest BCUT2D eigenvalue weighted by molar-refractivity contribution is 7.80. The average Bonchev–Trinajstić information content (AvgIpc) is 2.20. The van der Waals surface area contributed by atoms with Crippen LogP contribution in [0.25, 0.3) is 0 Å². The van der Waals surface area contributed by atoms with Crippen molar-refractivity contribution >= 4 is 17.3 Å². The molecule has 14 heavy (non-hydrogen) atoms. The first-order valence-electron chi connectivity index (χ1n) is 4.62. The second kappa shape index (κ2) is 4.96. The van der Waals surface area contributed by atoms with E-state index in [1.54, 1.807) is 0 Å². The Morgan fingerprint density at radius 3 is 2.64 bits per heavy atom. The maximum Gasteiger partial charge on any atom is 0.168 e. The number of rotatable bonds is 2. The molecule has 1 aromatic carbocycles. The minimum Gasteiger partial charge on any atom is -0.366 e. The van der Waals surface area contributed by atoms with E-state index in [1.165, 1.54) is 11.1 Å². The van der Waals surface area contributed by atoms with Crippen LogP contribution in [0.1, 0.15) is 11.1 Å². The number of hydrogen-bond donors (Lipinski definition) is 1. The Labute approximate surface area is 90.9 Å². The van der Waals surface area contributed by atoms with Gasteiger partial charge in [-0.3, -0.25) is 0 Å². The molecule has 0 amide bonds. The average molecular weight is 208 g/mol. The maximum absolute atomic E-state index is 5.14. The summed E-state index contributed by atoms with van der Waals surface area (Å²) in [5, 5.41) is 3.73. The summed E-state index contributed by atoms with van der Waals surface area (Å²) < 4.78 is 0. The molecule has 0 fully saturated rings. The number of thiocarbonyl (C=S) groups is 1. The Hall–Kier alpha value is -1.09. The highest BCUT2D eigenvalue weighted by Crippen LogP contribution is 2.09. The Bertz CT molecular complexity index is 323. The van der Waals surface area contributed by atoms with Gasteiger partial charge in [0.05, 0.1) is 0 Å². The zero-order valence-corrected chi connectivity index (χ0v) is 9.69. The molecule has 2 nitrogen and oxygen atoms in total. The van der Waals surface area contributed by atoms with Gasteiger partial charge in [0.25, 0.3) is 0 Å². The molecule has 0 radical (unpaired) electrons. The van der Waals surface area contributed by atoms with Gasteiger partial charge in [-0.05, 0) is 30.3 Å². The van der Waals surface area contributed by atoms with E-state index in [0.717, 1.165) is 11.7 Å². The second-order valence-corrected chi connectivity index (χ2v) is 3.72. The summed E-state index contributed by atoms with van der Waals surface area (Å²) >= 11 is 5.14. The molecule has 0 atom stereocenters. The second-order valence-electron chi connectivity index (χ2n) is 3.34. The monoisotopic (exact) mass is 208 g/mol. The molecule has 1 rings (SSSR count). The Morgan fingerprint density at radius 1 is 1.43 bits per heavy atom. The summed E-state index contributed by atoms with van der Waals surface area (Å²) in [6.07, 6.45) is 0. The predicted molar refractivity (Wildman–Crippen MR) is 64.3 cm³/mol. The molecule has 0 aliphatic rings. The first-order chi connectivity index (χ1) is 6.65. The molecule has 0 unspecified atom stereocenters. The van der Waals surface area contributed by atoms with Crippen molar-refractivity contribution in [1.82, 2.24) is 10.2 Å². The van der Waals surface area contributed by atoms with E-state index in [2.05, 4.69) is 36.5 Å². The van der Waals surface area contributed by atoms with E-state index in [9.17, 15) is 0 Å². The number of hydrogen-bond acceptors (Lipinski definition) is 1. The van der Waals surface area contributed by atoms with Crippen molar-refractivity contribution in [3.8, 4) is 0 Å².